The number of aliphatic carboxylic acids is 1. The lowest BCUT2D eigenvalue weighted by Crippen LogP contribution is -2.55. The lowest BCUT2D eigenvalue weighted by molar-refractivity contribution is -0.139. The number of aliphatic hydroxyl groups excluding tert-OH is 1. The van der Waals surface area contributed by atoms with Gasteiger partial charge in [0.1, 0.15) is 6.04 Å². The molecule has 0 aliphatic carbocycles. The third-order valence-electron chi connectivity index (χ3n) is 3.35. The molecule has 1 saturated heterocycles. The van der Waals surface area contributed by atoms with Crippen molar-refractivity contribution in [2.75, 3.05) is 39.3 Å². The van der Waals surface area contributed by atoms with Gasteiger partial charge in [0.2, 0.25) is 5.91 Å². The lowest BCUT2D eigenvalue weighted by Gasteiger charge is -2.34. The summed E-state index contributed by atoms with van der Waals surface area (Å²) in [6.07, 6.45) is -0.123. The molecule has 0 aromatic rings. The lowest BCUT2D eigenvalue weighted by atomic mass is 10.1. The van der Waals surface area contributed by atoms with Crippen LogP contribution in [-0.2, 0) is 9.59 Å². The second kappa shape index (κ2) is 8.42. The van der Waals surface area contributed by atoms with Gasteiger partial charge in [-0.25, -0.2) is 9.59 Å². The summed E-state index contributed by atoms with van der Waals surface area (Å²) in [5.74, 6) is -1.79. The molecule has 21 heavy (non-hydrogen) atoms. The molecule has 9 heteroatoms. The predicted octanol–water partition coefficient (Wildman–Crippen LogP) is -1.98. The number of amides is 3. The van der Waals surface area contributed by atoms with Crippen molar-refractivity contribution < 1.29 is 24.6 Å². The van der Waals surface area contributed by atoms with E-state index in [2.05, 4.69) is 5.32 Å². The van der Waals surface area contributed by atoms with Gasteiger partial charge in [0.25, 0.3) is 0 Å². The molecular formula is C12H22N4O5. The zero-order valence-electron chi connectivity index (χ0n) is 11.8. The number of hydrogen-bond donors (Lipinski definition) is 4. The number of hydrogen-bond acceptors (Lipinski definition) is 5. The first-order valence-corrected chi connectivity index (χ1v) is 6.83. The average molecular weight is 302 g/mol. The number of aliphatic hydroxyl groups is 1. The summed E-state index contributed by atoms with van der Waals surface area (Å²) in [5, 5.41) is 20.3. The molecule has 1 aliphatic rings. The van der Waals surface area contributed by atoms with E-state index in [0.717, 1.165) is 0 Å². The Labute approximate surface area is 122 Å². The van der Waals surface area contributed by atoms with E-state index in [1.54, 1.807) is 0 Å². The highest BCUT2D eigenvalue weighted by Crippen LogP contribution is 2.04. The highest BCUT2D eigenvalue weighted by atomic mass is 16.4. The monoisotopic (exact) mass is 302 g/mol. The van der Waals surface area contributed by atoms with Gasteiger partial charge in [-0.3, -0.25) is 9.69 Å². The number of primary amides is 1. The third-order valence-corrected chi connectivity index (χ3v) is 3.35. The van der Waals surface area contributed by atoms with Crippen molar-refractivity contribution in [3.63, 3.8) is 0 Å². The van der Waals surface area contributed by atoms with Crippen LogP contribution in [0.2, 0.25) is 0 Å². The molecule has 9 nitrogen and oxygen atoms in total. The van der Waals surface area contributed by atoms with Crippen molar-refractivity contribution in [1.29, 1.82) is 0 Å². The quantitative estimate of drug-likeness (QED) is 0.430. The molecular weight excluding hydrogens is 280 g/mol. The van der Waals surface area contributed by atoms with Gasteiger partial charge >= 0.3 is 12.0 Å². The first kappa shape index (κ1) is 17.2. The molecule has 120 valence electrons. The van der Waals surface area contributed by atoms with E-state index < -0.39 is 23.9 Å². The molecule has 0 radical (unpaired) electrons. The number of carbonyl (C=O) groups is 3. The molecule has 1 unspecified atom stereocenters. The average Bonchev–Trinajstić information content (AvgIpc) is 2.43. The van der Waals surface area contributed by atoms with Crippen LogP contribution >= 0.6 is 0 Å². The summed E-state index contributed by atoms with van der Waals surface area (Å²) in [6.45, 7) is 2.83. The molecule has 1 atom stereocenters. The third kappa shape index (κ3) is 5.96. The van der Waals surface area contributed by atoms with E-state index in [1.807, 2.05) is 4.90 Å². The summed E-state index contributed by atoms with van der Waals surface area (Å²) in [5.41, 5.74) is 4.98. The van der Waals surface area contributed by atoms with Gasteiger partial charge in [0, 0.05) is 39.1 Å². The number of β-amino-alcohol motifs (C(OH)–C–C–N with tert-alkyl or cyclic N) is 1. The van der Waals surface area contributed by atoms with Crippen LogP contribution in [0.1, 0.15) is 12.8 Å². The SMILES string of the molecule is NC(=O)CCC(NC(=O)N1CCN(CCO)CC1)C(=O)O. The highest BCUT2D eigenvalue weighted by Gasteiger charge is 2.25. The second-order valence-electron chi connectivity index (χ2n) is 4.90. The van der Waals surface area contributed by atoms with Crippen molar-refractivity contribution >= 4 is 17.9 Å². The van der Waals surface area contributed by atoms with Gasteiger partial charge in [-0.1, -0.05) is 0 Å². The van der Waals surface area contributed by atoms with Crippen LogP contribution in [0.15, 0.2) is 0 Å². The number of carboxylic acids is 1. The number of rotatable bonds is 7. The van der Waals surface area contributed by atoms with Gasteiger partial charge in [-0.2, -0.15) is 0 Å². The van der Waals surface area contributed by atoms with E-state index in [-0.39, 0.29) is 19.4 Å². The number of nitrogens with two attached hydrogens (primary N) is 1. The fourth-order valence-electron chi connectivity index (χ4n) is 2.10. The number of nitrogens with one attached hydrogen (secondary N) is 1. The van der Waals surface area contributed by atoms with Gasteiger partial charge < -0.3 is 26.2 Å². The Hall–Kier alpha value is -1.87. The normalized spacial score (nSPS) is 17.3. The minimum Gasteiger partial charge on any atom is -0.480 e. The van der Waals surface area contributed by atoms with Crippen LogP contribution in [0, 0.1) is 0 Å². The topological polar surface area (TPSA) is 136 Å². The van der Waals surface area contributed by atoms with Gasteiger partial charge in [-0.15, -0.1) is 0 Å². The van der Waals surface area contributed by atoms with Gasteiger partial charge in [0.05, 0.1) is 6.61 Å². The largest absolute Gasteiger partial charge is 0.480 e. The Morgan fingerprint density at radius 2 is 1.81 bits per heavy atom. The van der Waals surface area contributed by atoms with Gasteiger partial charge in [-0.05, 0) is 6.42 Å². The highest BCUT2D eigenvalue weighted by molar-refractivity contribution is 5.83. The summed E-state index contributed by atoms with van der Waals surface area (Å²) in [6, 6.07) is -1.59. The van der Waals surface area contributed by atoms with Gasteiger partial charge in [0.15, 0.2) is 0 Å². The van der Waals surface area contributed by atoms with Crippen molar-refractivity contribution in [2.45, 2.75) is 18.9 Å². The summed E-state index contributed by atoms with van der Waals surface area (Å²) < 4.78 is 0. The fraction of sp³-hybridized carbons (Fsp3) is 0.750. The number of urea groups is 1. The minimum absolute atomic E-state index is 0.0269. The van der Waals surface area contributed by atoms with Crippen LogP contribution in [0.25, 0.3) is 0 Å². The smallest absolute Gasteiger partial charge is 0.326 e. The molecule has 1 aliphatic heterocycles. The van der Waals surface area contributed by atoms with Crippen LogP contribution in [0.3, 0.4) is 0 Å². The Morgan fingerprint density at radius 3 is 2.29 bits per heavy atom. The second-order valence-corrected chi connectivity index (χ2v) is 4.90. The maximum absolute atomic E-state index is 12.0. The predicted molar refractivity (Wildman–Crippen MR) is 73.5 cm³/mol. The zero-order chi connectivity index (χ0) is 15.8. The van der Waals surface area contributed by atoms with E-state index in [1.165, 1.54) is 4.90 Å². The Kier molecular flexibility index (Phi) is 6.89. The van der Waals surface area contributed by atoms with Crippen LogP contribution in [0.4, 0.5) is 4.79 Å². The molecule has 3 amide bonds. The molecule has 0 bridgehead atoms. The molecule has 0 spiro atoms. The molecule has 1 rings (SSSR count). The van der Waals surface area contributed by atoms with Crippen LogP contribution in [-0.4, -0.2) is 83.3 Å². The van der Waals surface area contributed by atoms with Crippen molar-refractivity contribution in [3.05, 3.63) is 0 Å². The summed E-state index contributed by atoms with van der Waals surface area (Å²) in [4.78, 5) is 37.3. The number of piperazine rings is 1. The molecule has 0 aromatic heterocycles. The standard InChI is InChI=1S/C12H22N4O5/c13-10(18)2-1-9(11(19)20)14-12(21)16-5-3-15(4-6-16)7-8-17/h9,17H,1-8H2,(H2,13,18)(H,14,21)(H,19,20). The molecule has 5 N–H and O–H groups in total. The number of nitrogens with zero attached hydrogens (tertiary/aromatic N) is 2. The van der Waals surface area contributed by atoms with E-state index in [0.29, 0.717) is 32.7 Å². The minimum atomic E-state index is -1.19. The summed E-state index contributed by atoms with van der Waals surface area (Å²) >= 11 is 0. The van der Waals surface area contributed by atoms with E-state index in [4.69, 9.17) is 15.9 Å². The Morgan fingerprint density at radius 1 is 1.19 bits per heavy atom. The maximum Gasteiger partial charge on any atom is 0.326 e. The summed E-state index contributed by atoms with van der Waals surface area (Å²) in [7, 11) is 0. The van der Waals surface area contributed by atoms with E-state index >= 15 is 0 Å². The van der Waals surface area contributed by atoms with Crippen molar-refractivity contribution in [2.24, 2.45) is 5.73 Å². The fourth-order valence-corrected chi connectivity index (χ4v) is 2.10. The molecule has 0 saturated carbocycles. The number of carbonyl (C=O) groups excluding carboxylic acids is 2. The molecule has 1 heterocycles. The Bertz CT molecular complexity index is 382. The van der Waals surface area contributed by atoms with Crippen LogP contribution < -0.4 is 11.1 Å². The first-order chi connectivity index (χ1) is 9.93. The number of carboxylic acid groups (broad SMARTS) is 1. The van der Waals surface area contributed by atoms with Crippen molar-refractivity contribution in [3.8, 4) is 0 Å². The molecule has 0 aromatic carbocycles. The molecule has 1 fully saturated rings. The maximum atomic E-state index is 12.0. The zero-order valence-corrected chi connectivity index (χ0v) is 11.8. The van der Waals surface area contributed by atoms with Crippen LogP contribution in [0.5, 0.6) is 0 Å². The first-order valence-electron chi connectivity index (χ1n) is 6.83. The van der Waals surface area contributed by atoms with E-state index in [9.17, 15) is 14.4 Å². The Balaban J connectivity index is 2.43. The van der Waals surface area contributed by atoms with Crippen molar-refractivity contribution in [1.82, 2.24) is 15.1 Å².